The molecule has 0 radical (unpaired) electrons. The van der Waals surface area contributed by atoms with Gasteiger partial charge in [0.1, 0.15) is 5.82 Å². The van der Waals surface area contributed by atoms with Crippen LogP contribution in [0.3, 0.4) is 0 Å². The molecule has 0 saturated carbocycles. The van der Waals surface area contributed by atoms with Gasteiger partial charge in [0.25, 0.3) is 0 Å². The first-order valence-corrected chi connectivity index (χ1v) is 7.58. The Bertz CT molecular complexity index is 666. The lowest BCUT2D eigenvalue weighted by molar-refractivity contribution is 0.1000. The Hall–Kier alpha value is -1.72. The molecule has 1 aromatic heterocycles. The van der Waals surface area contributed by atoms with Crippen LogP contribution in [0.4, 0.5) is 4.39 Å². The predicted octanol–water partition coefficient (Wildman–Crippen LogP) is 3.45. The minimum atomic E-state index is -0.548. The van der Waals surface area contributed by atoms with Crippen molar-refractivity contribution in [3.05, 3.63) is 56.5 Å². The van der Waals surface area contributed by atoms with Crippen molar-refractivity contribution in [1.29, 1.82) is 0 Å². The summed E-state index contributed by atoms with van der Waals surface area (Å²) < 4.78 is 13.8. The molecule has 0 aliphatic heterocycles. The molecule has 0 aliphatic rings. The lowest BCUT2D eigenvalue weighted by Crippen LogP contribution is -2.20. The summed E-state index contributed by atoms with van der Waals surface area (Å²) >= 11 is 1.75. The van der Waals surface area contributed by atoms with Crippen LogP contribution in [-0.2, 0) is 6.54 Å². The topological polar surface area (TPSA) is 55.1 Å². The Morgan fingerprint density at radius 2 is 2.10 bits per heavy atom. The molecule has 1 amide bonds. The molecule has 0 bridgehead atoms. The fraction of sp³-hybridized carbons (Fsp3) is 0.312. The minimum Gasteiger partial charge on any atom is -0.366 e. The third-order valence-electron chi connectivity index (χ3n) is 3.47. The summed E-state index contributed by atoms with van der Waals surface area (Å²) in [5, 5.41) is 3.29. The van der Waals surface area contributed by atoms with Crippen LogP contribution in [0, 0.1) is 19.7 Å². The SMILES string of the molecule is Cc1cc(C(C)NCc2cc(C(N)=O)ccc2F)c(C)s1. The van der Waals surface area contributed by atoms with Gasteiger partial charge in [-0.3, -0.25) is 4.79 Å². The maximum absolute atomic E-state index is 13.8. The largest absolute Gasteiger partial charge is 0.366 e. The van der Waals surface area contributed by atoms with E-state index in [0.29, 0.717) is 17.7 Å². The van der Waals surface area contributed by atoms with E-state index in [1.165, 1.54) is 33.5 Å². The normalized spacial score (nSPS) is 12.4. The number of nitrogens with two attached hydrogens (primary N) is 1. The van der Waals surface area contributed by atoms with E-state index in [1.807, 2.05) is 6.92 Å². The van der Waals surface area contributed by atoms with Gasteiger partial charge in [0, 0.05) is 33.5 Å². The molecule has 0 aliphatic carbocycles. The number of benzene rings is 1. The van der Waals surface area contributed by atoms with Crippen LogP contribution in [0.15, 0.2) is 24.3 Å². The Morgan fingerprint density at radius 3 is 2.67 bits per heavy atom. The second kappa shape index (κ2) is 6.37. The van der Waals surface area contributed by atoms with E-state index in [9.17, 15) is 9.18 Å². The first-order valence-electron chi connectivity index (χ1n) is 6.77. The average Bonchev–Trinajstić information content (AvgIpc) is 2.76. The van der Waals surface area contributed by atoms with E-state index in [0.717, 1.165) is 0 Å². The number of aryl methyl sites for hydroxylation is 2. The van der Waals surface area contributed by atoms with Crippen LogP contribution in [0.1, 0.15) is 44.2 Å². The third kappa shape index (κ3) is 3.68. The number of rotatable bonds is 5. The molecule has 0 spiro atoms. The van der Waals surface area contributed by atoms with Gasteiger partial charge in [-0.15, -0.1) is 11.3 Å². The van der Waals surface area contributed by atoms with Gasteiger partial charge in [0.05, 0.1) is 0 Å². The highest BCUT2D eigenvalue weighted by atomic mass is 32.1. The van der Waals surface area contributed by atoms with Gasteiger partial charge in [0.15, 0.2) is 0 Å². The molecule has 0 fully saturated rings. The Morgan fingerprint density at radius 1 is 1.38 bits per heavy atom. The average molecular weight is 306 g/mol. The van der Waals surface area contributed by atoms with E-state index in [4.69, 9.17) is 5.73 Å². The Labute approximate surface area is 128 Å². The molecular weight excluding hydrogens is 287 g/mol. The van der Waals surface area contributed by atoms with Gasteiger partial charge < -0.3 is 11.1 Å². The minimum absolute atomic E-state index is 0.117. The van der Waals surface area contributed by atoms with Crippen molar-refractivity contribution in [3.8, 4) is 0 Å². The van der Waals surface area contributed by atoms with Crippen molar-refractivity contribution in [2.75, 3.05) is 0 Å². The van der Waals surface area contributed by atoms with Crippen LogP contribution < -0.4 is 11.1 Å². The number of hydrogen-bond acceptors (Lipinski definition) is 3. The summed E-state index contributed by atoms with van der Waals surface area (Å²) in [5.74, 6) is -0.883. The van der Waals surface area contributed by atoms with Gasteiger partial charge in [-0.2, -0.15) is 0 Å². The molecule has 5 heteroatoms. The van der Waals surface area contributed by atoms with Gasteiger partial charge >= 0.3 is 0 Å². The lowest BCUT2D eigenvalue weighted by Gasteiger charge is -2.14. The molecule has 1 atom stereocenters. The van der Waals surface area contributed by atoms with Crippen LogP contribution in [0.5, 0.6) is 0 Å². The molecule has 0 saturated heterocycles. The monoisotopic (exact) mass is 306 g/mol. The quantitative estimate of drug-likeness (QED) is 0.889. The molecule has 3 N–H and O–H groups in total. The van der Waals surface area contributed by atoms with Gasteiger partial charge in [-0.1, -0.05) is 0 Å². The lowest BCUT2D eigenvalue weighted by atomic mass is 10.1. The number of halogens is 1. The zero-order valence-electron chi connectivity index (χ0n) is 12.4. The number of amides is 1. The van der Waals surface area contributed by atoms with E-state index >= 15 is 0 Å². The second-order valence-electron chi connectivity index (χ2n) is 5.14. The van der Waals surface area contributed by atoms with Gasteiger partial charge in [-0.05, 0) is 50.6 Å². The summed E-state index contributed by atoms with van der Waals surface area (Å²) in [5.41, 5.74) is 7.22. The molecule has 3 nitrogen and oxygen atoms in total. The van der Waals surface area contributed by atoms with Crippen molar-refractivity contribution in [1.82, 2.24) is 5.32 Å². The summed E-state index contributed by atoms with van der Waals surface area (Å²) in [6, 6.07) is 6.45. The molecule has 21 heavy (non-hydrogen) atoms. The van der Waals surface area contributed by atoms with Crippen LogP contribution in [0.2, 0.25) is 0 Å². The van der Waals surface area contributed by atoms with E-state index in [1.54, 1.807) is 11.3 Å². The maximum Gasteiger partial charge on any atom is 0.248 e. The Balaban J connectivity index is 2.11. The molecule has 1 aromatic carbocycles. The van der Waals surface area contributed by atoms with Crippen molar-refractivity contribution < 1.29 is 9.18 Å². The summed E-state index contributed by atoms with van der Waals surface area (Å²) in [4.78, 5) is 13.7. The van der Waals surface area contributed by atoms with Gasteiger partial charge in [-0.25, -0.2) is 4.39 Å². The highest BCUT2D eigenvalue weighted by molar-refractivity contribution is 7.12. The second-order valence-corrected chi connectivity index (χ2v) is 6.60. The molecular formula is C16H19FN2OS. The number of hydrogen-bond donors (Lipinski definition) is 2. The standard InChI is InChI=1S/C16H19FN2OS/c1-9-6-14(11(3)21-9)10(2)19-8-13-7-12(16(18)20)4-5-15(13)17/h4-7,10,19H,8H2,1-3H3,(H2,18,20). The van der Waals surface area contributed by atoms with E-state index < -0.39 is 5.91 Å². The first kappa shape index (κ1) is 15.7. The number of nitrogens with one attached hydrogen (secondary N) is 1. The molecule has 112 valence electrons. The maximum atomic E-state index is 13.8. The third-order valence-corrected chi connectivity index (χ3v) is 4.46. The van der Waals surface area contributed by atoms with Crippen molar-refractivity contribution >= 4 is 17.2 Å². The van der Waals surface area contributed by atoms with Crippen molar-refractivity contribution in [2.45, 2.75) is 33.4 Å². The number of thiophene rings is 1. The smallest absolute Gasteiger partial charge is 0.248 e. The van der Waals surface area contributed by atoms with Crippen molar-refractivity contribution in [2.24, 2.45) is 5.73 Å². The highest BCUT2D eigenvalue weighted by Gasteiger charge is 2.12. The highest BCUT2D eigenvalue weighted by Crippen LogP contribution is 2.26. The molecule has 2 aromatic rings. The zero-order chi connectivity index (χ0) is 15.6. The summed E-state index contributed by atoms with van der Waals surface area (Å²) in [6.07, 6.45) is 0. The molecule has 1 heterocycles. The van der Waals surface area contributed by atoms with E-state index in [2.05, 4.69) is 25.2 Å². The zero-order valence-corrected chi connectivity index (χ0v) is 13.2. The summed E-state index contributed by atoms with van der Waals surface area (Å²) in [7, 11) is 0. The van der Waals surface area contributed by atoms with Crippen molar-refractivity contribution in [3.63, 3.8) is 0 Å². The fourth-order valence-electron chi connectivity index (χ4n) is 2.32. The molecule has 1 unspecified atom stereocenters. The van der Waals surface area contributed by atoms with Crippen LogP contribution in [-0.4, -0.2) is 5.91 Å². The van der Waals surface area contributed by atoms with Gasteiger partial charge in [0.2, 0.25) is 5.91 Å². The fourth-order valence-corrected chi connectivity index (χ4v) is 3.34. The Kier molecular flexibility index (Phi) is 4.75. The van der Waals surface area contributed by atoms with E-state index in [-0.39, 0.29) is 11.9 Å². The number of carbonyl (C=O) groups excluding carboxylic acids is 1. The molecule has 2 rings (SSSR count). The first-order chi connectivity index (χ1) is 9.88. The number of carbonyl (C=O) groups is 1. The van der Waals surface area contributed by atoms with Crippen LogP contribution >= 0.6 is 11.3 Å². The van der Waals surface area contributed by atoms with Crippen LogP contribution in [0.25, 0.3) is 0 Å². The number of primary amides is 1. The predicted molar refractivity (Wildman–Crippen MR) is 84.0 cm³/mol. The summed E-state index contributed by atoms with van der Waals surface area (Å²) in [6.45, 7) is 6.55.